The number of hydrogen-bond donors (Lipinski definition) is 1. The van der Waals surface area contributed by atoms with E-state index in [0.717, 1.165) is 21.2 Å². The molecule has 0 saturated heterocycles. The number of aromatic nitrogens is 1. The van der Waals surface area contributed by atoms with E-state index in [4.69, 9.17) is 11.6 Å². The van der Waals surface area contributed by atoms with Crippen molar-refractivity contribution in [3.63, 3.8) is 0 Å². The smallest absolute Gasteiger partial charge is 0.250 e. The van der Waals surface area contributed by atoms with Gasteiger partial charge in [0.05, 0.1) is 17.7 Å². The average molecular weight is 430 g/mol. The summed E-state index contributed by atoms with van der Waals surface area (Å²) in [4.78, 5) is 16.5. The Morgan fingerprint density at radius 2 is 1.93 bits per heavy atom. The summed E-state index contributed by atoms with van der Waals surface area (Å²) in [7, 11) is 0. The number of rotatable bonds is 7. The summed E-state index contributed by atoms with van der Waals surface area (Å²) < 4.78 is 0.841. The molecule has 0 aliphatic heterocycles. The highest BCUT2D eigenvalue weighted by atomic mass is 35.5. The lowest BCUT2D eigenvalue weighted by Gasteiger charge is -2.04. The van der Waals surface area contributed by atoms with E-state index in [1.54, 1.807) is 6.21 Å². The zero-order valence-corrected chi connectivity index (χ0v) is 17.9. The molecule has 0 aliphatic carbocycles. The normalized spacial score (nSPS) is 11.3. The molecule has 1 heterocycles. The SMILES string of the molecule is CC(C)c1ccc(/C=N/NC(=O)CSc2nc(-c3ccc(Cl)cc3)cs2)cc1. The van der Waals surface area contributed by atoms with E-state index in [-0.39, 0.29) is 11.7 Å². The molecule has 144 valence electrons. The van der Waals surface area contributed by atoms with Crippen molar-refractivity contribution in [1.29, 1.82) is 0 Å². The van der Waals surface area contributed by atoms with Gasteiger partial charge in [-0.15, -0.1) is 11.3 Å². The summed E-state index contributed by atoms with van der Waals surface area (Å²) in [6, 6.07) is 15.7. The first kappa shape index (κ1) is 20.6. The topological polar surface area (TPSA) is 54.4 Å². The van der Waals surface area contributed by atoms with Crippen molar-refractivity contribution in [3.8, 4) is 11.3 Å². The first-order chi connectivity index (χ1) is 13.5. The highest BCUT2D eigenvalue weighted by molar-refractivity contribution is 8.01. The second-order valence-electron chi connectivity index (χ2n) is 6.41. The Morgan fingerprint density at radius 3 is 2.61 bits per heavy atom. The molecule has 0 aliphatic rings. The summed E-state index contributed by atoms with van der Waals surface area (Å²) in [5.41, 5.74) is 6.67. The lowest BCUT2D eigenvalue weighted by molar-refractivity contribution is -0.118. The van der Waals surface area contributed by atoms with Gasteiger partial charge in [-0.2, -0.15) is 5.10 Å². The Hall–Kier alpha value is -2.15. The van der Waals surface area contributed by atoms with Crippen molar-refractivity contribution in [1.82, 2.24) is 10.4 Å². The van der Waals surface area contributed by atoms with E-state index in [9.17, 15) is 4.79 Å². The van der Waals surface area contributed by atoms with Gasteiger partial charge in [0.25, 0.3) is 5.91 Å². The molecule has 0 saturated carbocycles. The molecular weight excluding hydrogens is 410 g/mol. The first-order valence-corrected chi connectivity index (χ1v) is 11.0. The van der Waals surface area contributed by atoms with Crippen LogP contribution in [0.4, 0.5) is 0 Å². The van der Waals surface area contributed by atoms with Gasteiger partial charge in [-0.1, -0.05) is 73.6 Å². The molecule has 0 fully saturated rings. The Balaban J connectivity index is 1.47. The van der Waals surface area contributed by atoms with Gasteiger partial charge in [-0.05, 0) is 29.2 Å². The Kier molecular flexibility index (Phi) is 7.25. The van der Waals surface area contributed by atoms with Crippen LogP contribution in [0.2, 0.25) is 5.02 Å². The second kappa shape index (κ2) is 9.87. The molecule has 28 heavy (non-hydrogen) atoms. The minimum atomic E-state index is -0.164. The van der Waals surface area contributed by atoms with Crippen LogP contribution in [0, 0.1) is 0 Å². The van der Waals surface area contributed by atoms with Crippen LogP contribution >= 0.6 is 34.7 Å². The zero-order chi connectivity index (χ0) is 19.9. The third-order valence-electron chi connectivity index (χ3n) is 3.96. The number of hydrazone groups is 1. The molecule has 1 amide bonds. The number of hydrogen-bond acceptors (Lipinski definition) is 5. The first-order valence-electron chi connectivity index (χ1n) is 8.77. The van der Waals surface area contributed by atoms with Gasteiger partial charge in [-0.3, -0.25) is 4.79 Å². The minimum absolute atomic E-state index is 0.164. The fourth-order valence-corrected chi connectivity index (χ4v) is 4.14. The van der Waals surface area contributed by atoms with E-state index in [0.29, 0.717) is 10.9 Å². The quantitative estimate of drug-likeness (QED) is 0.292. The predicted molar refractivity (Wildman–Crippen MR) is 120 cm³/mol. The van der Waals surface area contributed by atoms with Gasteiger partial charge in [-0.25, -0.2) is 10.4 Å². The second-order valence-corrected chi connectivity index (χ2v) is 8.93. The molecule has 3 aromatic rings. The van der Waals surface area contributed by atoms with Crippen LogP contribution in [-0.2, 0) is 4.79 Å². The van der Waals surface area contributed by atoms with Crippen LogP contribution in [0.3, 0.4) is 0 Å². The third-order valence-corrected chi connectivity index (χ3v) is 6.23. The number of halogens is 1. The van der Waals surface area contributed by atoms with Crippen LogP contribution in [0.1, 0.15) is 30.9 Å². The molecule has 4 nitrogen and oxygen atoms in total. The zero-order valence-electron chi connectivity index (χ0n) is 15.6. The van der Waals surface area contributed by atoms with Gasteiger partial charge in [0.2, 0.25) is 0 Å². The molecule has 1 aromatic heterocycles. The number of nitrogens with one attached hydrogen (secondary N) is 1. The molecular formula is C21H20ClN3OS2. The summed E-state index contributed by atoms with van der Waals surface area (Å²) in [6.07, 6.45) is 1.65. The Bertz CT molecular complexity index is 951. The van der Waals surface area contributed by atoms with E-state index < -0.39 is 0 Å². The molecule has 0 spiro atoms. The lowest BCUT2D eigenvalue weighted by Crippen LogP contribution is -2.19. The molecule has 0 atom stereocenters. The van der Waals surface area contributed by atoms with Crippen molar-refractivity contribution in [2.45, 2.75) is 24.1 Å². The fraction of sp³-hybridized carbons (Fsp3) is 0.190. The largest absolute Gasteiger partial charge is 0.272 e. The number of carbonyl (C=O) groups is 1. The van der Waals surface area contributed by atoms with Crippen molar-refractivity contribution >= 4 is 46.8 Å². The highest BCUT2D eigenvalue weighted by Gasteiger charge is 2.08. The van der Waals surface area contributed by atoms with Gasteiger partial charge in [0, 0.05) is 16.0 Å². The average Bonchev–Trinajstić information content (AvgIpc) is 3.16. The number of carbonyl (C=O) groups excluding carboxylic acids is 1. The van der Waals surface area contributed by atoms with Crippen LogP contribution in [0.5, 0.6) is 0 Å². The van der Waals surface area contributed by atoms with Crippen LogP contribution in [-0.4, -0.2) is 22.9 Å². The van der Waals surface area contributed by atoms with Crippen molar-refractivity contribution in [3.05, 3.63) is 70.1 Å². The summed E-state index contributed by atoms with van der Waals surface area (Å²) in [6.45, 7) is 4.31. The van der Waals surface area contributed by atoms with E-state index in [1.807, 2.05) is 41.8 Å². The molecule has 0 bridgehead atoms. The number of nitrogens with zero attached hydrogens (tertiary/aromatic N) is 2. The highest BCUT2D eigenvalue weighted by Crippen LogP contribution is 2.28. The third kappa shape index (κ3) is 5.92. The molecule has 0 radical (unpaired) electrons. The van der Waals surface area contributed by atoms with Gasteiger partial charge >= 0.3 is 0 Å². The summed E-state index contributed by atoms with van der Waals surface area (Å²) >= 11 is 8.82. The lowest BCUT2D eigenvalue weighted by atomic mass is 10.0. The Labute approximate surface area is 178 Å². The number of thioether (sulfide) groups is 1. The predicted octanol–water partition coefficient (Wildman–Crippen LogP) is 5.83. The molecule has 3 rings (SSSR count). The number of benzene rings is 2. The van der Waals surface area contributed by atoms with Gasteiger partial charge in [0.15, 0.2) is 4.34 Å². The van der Waals surface area contributed by atoms with E-state index in [1.165, 1.54) is 28.7 Å². The minimum Gasteiger partial charge on any atom is -0.272 e. The Morgan fingerprint density at radius 1 is 1.21 bits per heavy atom. The van der Waals surface area contributed by atoms with Crippen LogP contribution in [0.25, 0.3) is 11.3 Å². The van der Waals surface area contributed by atoms with E-state index in [2.05, 4.69) is 41.5 Å². The molecule has 7 heteroatoms. The van der Waals surface area contributed by atoms with Gasteiger partial charge in [0.1, 0.15) is 0 Å². The standard InChI is InChI=1S/C21H20ClN3OS2/c1-14(2)16-5-3-15(4-6-16)11-23-25-20(26)13-28-21-24-19(12-27-21)17-7-9-18(22)10-8-17/h3-12,14H,13H2,1-2H3,(H,25,26)/b23-11+. The van der Waals surface area contributed by atoms with Crippen molar-refractivity contribution < 1.29 is 4.79 Å². The maximum atomic E-state index is 12.0. The van der Waals surface area contributed by atoms with Crippen molar-refractivity contribution in [2.75, 3.05) is 5.75 Å². The van der Waals surface area contributed by atoms with E-state index >= 15 is 0 Å². The molecule has 0 unspecified atom stereocenters. The molecule has 1 N–H and O–H groups in total. The van der Waals surface area contributed by atoms with Gasteiger partial charge < -0.3 is 0 Å². The summed E-state index contributed by atoms with van der Waals surface area (Å²) in [5, 5.41) is 6.69. The monoisotopic (exact) mass is 429 g/mol. The number of amides is 1. The van der Waals surface area contributed by atoms with Crippen LogP contribution in [0.15, 0.2) is 63.4 Å². The molecule has 2 aromatic carbocycles. The van der Waals surface area contributed by atoms with Crippen molar-refractivity contribution in [2.24, 2.45) is 5.10 Å². The maximum Gasteiger partial charge on any atom is 0.250 e. The number of thiazole rings is 1. The fourth-order valence-electron chi connectivity index (χ4n) is 2.38. The maximum absolute atomic E-state index is 12.0. The summed E-state index contributed by atoms with van der Waals surface area (Å²) in [5.74, 6) is 0.592. The van der Waals surface area contributed by atoms with Crippen LogP contribution < -0.4 is 5.43 Å².